The van der Waals surface area contributed by atoms with Gasteiger partial charge in [-0.1, -0.05) is 17.7 Å². The summed E-state index contributed by atoms with van der Waals surface area (Å²) in [4.78, 5) is 12.1. The Bertz CT molecular complexity index is 898. The van der Waals surface area contributed by atoms with Crippen molar-refractivity contribution in [1.82, 2.24) is 0 Å². The summed E-state index contributed by atoms with van der Waals surface area (Å²) >= 11 is 5.81. The maximum atomic E-state index is 12.1. The predicted molar refractivity (Wildman–Crippen MR) is 101 cm³/mol. The number of benzene rings is 2. The van der Waals surface area contributed by atoms with Crippen molar-refractivity contribution < 1.29 is 13.2 Å². The molecule has 25 heavy (non-hydrogen) atoms. The van der Waals surface area contributed by atoms with Crippen molar-refractivity contribution >= 4 is 44.7 Å². The van der Waals surface area contributed by atoms with Gasteiger partial charge >= 0.3 is 6.03 Å². The van der Waals surface area contributed by atoms with Gasteiger partial charge in [-0.15, -0.1) is 0 Å². The van der Waals surface area contributed by atoms with Crippen LogP contribution in [0.2, 0.25) is 5.02 Å². The molecule has 0 radical (unpaired) electrons. The number of sulfonamides is 1. The van der Waals surface area contributed by atoms with Crippen molar-refractivity contribution in [1.29, 1.82) is 0 Å². The molecule has 0 saturated heterocycles. The molecule has 0 aromatic heterocycles. The summed E-state index contributed by atoms with van der Waals surface area (Å²) in [6, 6.07) is 11.7. The molecule has 2 aromatic carbocycles. The number of nitrogens with zero attached hydrogens (tertiary/aromatic N) is 1. The van der Waals surface area contributed by atoms with Gasteiger partial charge in [-0.3, -0.25) is 4.31 Å². The van der Waals surface area contributed by atoms with Gasteiger partial charge in [0.1, 0.15) is 0 Å². The monoisotopic (exact) mass is 379 g/mol. The molecule has 0 unspecified atom stereocenters. The number of halogens is 1. The van der Waals surface area contributed by atoms with Crippen LogP contribution in [-0.2, 0) is 16.4 Å². The molecule has 0 bridgehead atoms. The van der Waals surface area contributed by atoms with Gasteiger partial charge in [0.15, 0.2) is 0 Å². The zero-order chi connectivity index (χ0) is 18.0. The molecule has 2 N–H and O–H groups in total. The highest BCUT2D eigenvalue weighted by atomic mass is 35.5. The molecule has 0 aliphatic carbocycles. The van der Waals surface area contributed by atoms with Crippen LogP contribution in [0.25, 0.3) is 0 Å². The number of carbonyl (C=O) groups excluding carboxylic acids is 1. The standard InChI is InChI=1S/C17H18ClN3O3S/c1-25(23,24)21-10-2-3-12-4-7-15(11-16(12)21)20-17(22)19-14-8-5-13(18)6-9-14/h4-9,11H,2-3,10H2,1H3,(H2,19,20,22). The molecular weight excluding hydrogens is 362 g/mol. The summed E-state index contributed by atoms with van der Waals surface area (Å²) in [7, 11) is -3.34. The fourth-order valence-electron chi connectivity index (χ4n) is 2.79. The summed E-state index contributed by atoms with van der Waals surface area (Å²) in [6.45, 7) is 0.451. The fourth-order valence-corrected chi connectivity index (χ4v) is 3.90. The molecule has 0 fully saturated rings. The lowest BCUT2D eigenvalue weighted by atomic mass is 10.0. The van der Waals surface area contributed by atoms with Crippen LogP contribution >= 0.6 is 11.6 Å². The van der Waals surface area contributed by atoms with Gasteiger partial charge in [-0.05, 0) is 54.8 Å². The second-order valence-corrected chi connectivity index (χ2v) is 8.21. The van der Waals surface area contributed by atoms with E-state index in [1.165, 1.54) is 10.6 Å². The summed E-state index contributed by atoms with van der Waals surface area (Å²) in [5.74, 6) is 0. The number of aryl methyl sites for hydroxylation is 1. The maximum Gasteiger partial charge on any atom is 0.323 e. The first-order valence-electron chi connectivity index (χ1n) is 7.77. The molecule has 0 saturated carbocycles. The smallest absolute Gasteiger partial charge is 0.308 e. The van der Waals surface area contributed by atoms with Crippen LogP contribution in [0, 0.1) is 0 Å². The van der Waals surface area contributed by atoms with Crippen molar-refractivity contribution in [3.05, 3.63) is 53.1 Å². The molecule has 0 spiro atoms. The zero-order valence-corrected chi connectivity index (χ0v) is 15.2. The van der Waals surface area contributed by atoms with E-state index in [2.05, 4.69) is 10.6 Å². The lowest BCUT2D eigenvalue weighted by Crippen LogP contribution is -2.34. The van der Waals surface area contributed by atoms with Crippen LogP contribution in [0.15, 0.2) is 42.5 Å². The molecule has 1 aliphatic heterocycles. The Labute approximate surface area is 151 Å². The Morgan fingerprint density at radius 3 is 2.40 bits per heavy atom. The van der Waals surface area contributed by atoms with E-state index in [9.17, 15) is 13.2 Å². The minimum absolute atomic E-state index is 0.413. The fraction of sp³-hybridized carbons (Fsp3) is 0.235. The van der Waals surface area contributed by atoms with E-state index >= 15 is 0 Å². The van der Waals surface area contributed by atoms with Gasteiger partial charge in [-0.25, -0.2) is 13.2 Å². The molecule has 1 aliphatic rings. The predicted octanol–water partition coefficient (Wildman–Crippen LogP) is 3.70. The molecular formula is C17H18ClN3O3S. The Hall–Kier alpha value is -2.25. The largest absolute Gasteiger partial charge is 0.323 e. The number of anilines is 3. The number of hydrogen-bond acceptors (Lipinski definition) is 3. The van der Waals surface area contributed by atoms with Gasteiger partial charge < -0.3 is 10.6 Å². The Morgan fingerprint density at radius 1 is 1.08 bits per heavy atom. The Morgan fingerprint density at radius 2 is 1.72 bits per heavy atom. The van der Waals surface area contributed by atoms with E-state index in [1.807, 2.05) is 6.07 Å². The normalized spacial score (nSPS) is 13.9. The van der Waals surface area contributed by atoms with E-state index in [0.29, 0.717) is 28.6 Å². The van der Waals surface area contributed by atoms with Crippen LogP contribution in [0.3, 0.4) is 0 Å². The van der Waals surface area contributed by atoms with Gasteiger partial charge in [0.2, 0.25) is 10.0 Å². The first-order valence-corrected chi connectivity index (χ1v) is 10.00. The van der Waals surface area contributed by atoms with Crippen LogP contribution < -0.4 is 14.9 Å². The summed E-state index contributed by atoms with van der Waals surface area (Å²) in [5, 5.41) is 6.01. The third-order valence-corrected chi connectivity index (χ3v) is 5.35. The van der Waals surface area contributed by atoms with Gasteiger partial charge in [0, 0.05) is 22.9 Å². The molecule has 1 heterocycles. The molecule has 6 nitrogen and oxygen atoms in total. The highest BCUT2D eigenvalue weighted by Gasteiger charge is 2.24. The first kappa shape index (κ1) is 17.6. The molecule has 0 atom stereocenters. The Kier molecular flexibility index (Phi) is 4.87. The quantitative estimate of drug-likeness (QED) is 0.853. The lowest BCUT2D eigenvalue weighted by Gasteiger charge is -2.29. The average Bonchev–Trinajstić information content (AvgIpc) is 2.55. The lowest BCUT2D eigenvalue weighted by molar-refractivity contribution is 0.262. The number of rotatable bonds is 3. The second-order valence-electron chi connectivity index (χ2n) is 5.87. The van der Waals surface area contributed by atoms with Crippen molar-refractivity contribution in [2.75, 3.05) is 27.7 Å². The van der Waals surface area contributed by atoms with E-state index < -0.39 is 16.1 Å². The van der Waals surface area contributed by atoms with Gasteiger partial charge in [0.05, 0.1) is 11.9 Å². The van der Waals surface area contributed by atoms with Crippen LogP contribution in [0.5, 0.6) is 0 Å². The molecule has 8 heteroatoms. The van der Waals surface area contributed by atoms with Crippen molar-refractivity contribution in [3.8, 4) is 0 Å². The minimum atomic E-state index is -3.34. The van der Waals surface area contributed by atoms with Crippen molar-refractivity contribution in [2.24, 2.45) is 0 Å². The van der Waals surface area contributed by atoms with E-state index in [0.717, 1.165) is 18.4 Å². The highest BCUT2D eigenvalue weighted by molar-refractivity contribution is 7.92. The second kappa shape index (κ2) is 6.93. The minimum Gasteiger partial charge on any atom is -0.308 e. The number of nitrogens with one attached hydrogen (secondary N) is 2. The number of carbonyl (C=O) groups is 1. The average molecular weight is 380 g/mol. The molecule has 2 amide bonds. The number of hydrogen-bond donors (Lipinski definition) is 2. The molecule has 2 aromatic rings. The maximum absolute atomic E-state index is 12.1. The van der Waals surface area contributed by atoms with E-state index in [4.69, 9.17) is 11.6 Å². The Balaban J connectivity index is 1.77. The summed E-state index contributed by atoms with van der Waals surface area (Å²) in [6.07, 6.45) is 2.79. The third kappa shape index (κ3) is 4.24. The first-order chi connectivity index (χ1) is 11.8. The van der Waals surface area contributed by atoms with Crippen molar-refractivity contribution in [3.63, 3.8) is 0 Å². The zero-order valence-electron chi connectivity index (χ0n) is 13.6. The SMILES string of the molecule is CS(=O)(=O)N1CCCc2ccc(NC(=O)Nc3ccc(Cl)cc3)cc21. The van der Waals surface area contributed by atoms with Crippen LogP contribution in [-0.4, -0.2) is 27.2 Å². The summed E-state index contributed by atoms with van der Waals surface area (Å²) in [5.41, 5.74) is 2.72. The topological polar surface area (TPSA) is 78.5 Å². The highest BCUT2D eigenvalue weighted by Crippen LogP contribution is 2.31. The van der Waals surface area contributed by atoms with Gasteiger partial charge in [-0.2, -0.15) is 0 Å². The van der Waals surface area contributed by atoms with E-state index in [-0.39, 0.29) is 0 Å². The van der Waals surface area contributed by atoms with Crippen molar-refractivity contribution in [2.45, 2.75) is 12.8 Å². The third-order valence-electron chi connectivity index (χ3n) is 3.92. The number of urea groups is 1. The van der Waals surface area contributed by atoms with Crippen LogP contribution in [0.1, 0.15) is 12.0 Å². The van der Waals surface area contributed by atoms with E-state index in [1.54, 1.807) is 36.4 Å². The molecule has 132 valence electrons. The van der Waals surface area contributed by atoms with Crippen LogP contribution in [0.4, 0.5) is 21.9 Å². The molecule has 3 rings (SSSR count). The number of fused-ring (bicyclic) bond motifs is 1. The summed E-state index contributed by atoms with van der Waals surface area (Å²) < 4.78 is 25.3. The van der Waals surface area contributed by atoms with Gasteiger partial charge in [0.25, 0.3) is 0 Å². The number of amides is 2.